The molecule has 2 amide bonds. The van der Waals surface area contributed by atoms with Crippen LogP contribution in [0.4, 0.5) is 15.8 Å². The summed E-state index contributed by atoms with van der Waals surface area (Å²) in [5.74, 6) is -1.07. The fraction of sp³-hybridized carbons (Fsp3) is 0.212. The molecule has 0 radical (unpaired) electrons. The molecule has 1 aliphatic rings. The van der Waals surface area contributed by atoms with Gasteiger partial charge in [-0.15, -0.1) is 0 Å². The second kappa shape index (κ2) is 13.0. The first-order valence-electron chi connectivity index (χ1n) is 13.4. The molecule has 7 heteroatoms. The maximum Gasteiger partial charge on any atom is 0.251 e. The molecule has 5 rings (SSSR count). The van der Waals surface area contributed by atoms with E-state index >= 15 is 0 Å². The molecule has 1 unspecified atom stereocenters. The summed E-state index contributed by atoms with van der Waals surface area (Å²) in [6, 6.07) is 31.5. The minimum absolute atomic E-state index is 0.0543. The zero-order valence-electron chi connectivity index (χ0n) is 22.2. The molecule has 0 bridgehead atoms. The molecule has 0 saturated carbocycles. The summed E-state index contributed by atoms with van der Waals surface area (Å²) in [6.07, 6.45) is 0.0835. The van der Waals surface area contributed by atoms with Crippen molar-refractivity contribution >= 4 is 23.2 Å². The standard InChI is InChI=1S/C33H32FN3O3/c34-30-14-8-7-13-27(30)24-37(31(38)23-25-9-3-1-4-10-25)32(26-11-5-2-6-12-26)33(39)35-28-15-17-29(18-16-28)36-19-21-40-22-20-36/h1-18,32H,19-24H2,(H,35,39). The Bertz CT molecular complexity index is 1410. The molecule has 1 N–H and O–H groups in total. The molecule has 1 fully saturated rings. The van der Waals surface area contributed by atoms with Gasteiger partial charge in [0.15, 0.2) is 0 Å². The second-order valence-corrected chi connectivity index (χ2v) is 9.72. The summed E-state index contributed by atoms with van der Waals surface area (Å²) < 4.78 is 20.2. The minimum atomic E-state index is -0.976. The van der Waals surface area contributed by atoms with Gasteiger partial charge in [0.2, 0.25) is 5.91 Å². The van der Waals surface area contributed by atoms with Crippen molar-refractivity contribution < 1.29 is 18.7 Å². The van der Waals surface area contributed by atoms with Crippen LogP contribution in [-0.4, -0.2) is 43.0 Å². The van der Waals surface area contributed by atoms with Crippen LogP contribution in [0.3, 0.4) is 0 Å². The van der Waals surface area contributed by atoms with Crippen LogP contribution < -0.4 is 10.2 Å². The Morgan fingerprint density at radius 1 is 0.825 bits per heavy atom. The van der Waals surface area contributed by atoms with Gasteiger partial charge in [0.25, 0.3) is 5.91 Å². The van der Waals surface area contributed by atoms with Gasteiger partial charge in [0, 0.05) is 36.6 Å². The lowest BCUT2D eigenvalue weighted by molar-refractivity contribution is -0.139. The summed E-state index contributed by atoms with van der Waals surface area (Å²) in [7, 11) is 0. The van der Waals surface area contributed by atoms with Crippen LogP contribution in [0.5, 0.6) is 0 Å². The third-order valence-corrected chi connectivity index (χ3v) is 7.00. The summed E-state index contributed by atoms with van der Waals surface area (Å²) in [4.78, 5) is 31.5. The first kappa shape index (κ1) is 27.1. The highest BCUT2D eigenvalue weighted by Gasteiger charge is 2.32. The fourth-order valence-corrected chi connectivity index (χ4v) is 4.90. The first-order valence-corrected chi connectivity index (χ1v) is 13.4. The van der Waals surface area contributed by atoms with E-state index in [0.717, 1.165) is 24.3 Å². The zero-order valence-corrected chi connectivity index (χ0v) is 22.2. The number of halogens is 1. The highest BCUT2D eigenvalue weighted by atomic mass is 19.1. The van der Waals surface area contributed by atoms with E-state index < -0.39 is 11.9 Å². The highest BCUT2D eigenvalue weighted by Crippen LogP contribution is 2.28. The number of rotatable bonds is 9. The van der Waals surface area contributed by atoms with Gasteiger partial charge < -0.3 is 19.9 Å². The van der Waals surface area contributed by atoms with Gasteiger partial charge in [0.05, 0.1) is 19.6 Å². The van der Waals surface area contributed by atoms with E-state index in [1.54, 1.807) is 18.2 Å². The summed E-state index contributed by atoms with van der Waals surface area (Å²) in [6.45, 7) is 2.95. The predicted octanol–water partition coefficient (Wildman–Crippen LogP) is 5.61. The van der Waals surface area contributed by atoms with Gasteiger partial charge in [-0.1, -0.05) is 78.9 Å². The third-order valence-electron chi connectivity index (χ3n) is 7.00. The number of amides is 2. The number of benzene rings is 4. The van der Waals surface area contributed by atoms with Crippen molar-refractivity contribution in [1.82, 2.24) is 4.90 Å². The first-order chi connectivity index (χ1) is 19.6. The van der Waals surface area contributed by atoms with E-state index in [2.05, 4.69) is 10.2 Å². The van der Waals surface area contributed by atoms with Crippen molar-refractivity contribution in [3.63, 3.8) is 0 Å². The van der Waals surface area contributed by atoms with Crippen LogP contribution in [0.25, 0.3) is 0 Å². The van der Waals surface area contributed by atoms with E-state index in [1.165, 1.54) is 11.0 Å². The van der Waals surface area contributed by atoms with Crippen LogP contribution in [0.1, 0.15) is 22.7 Å². The van der Waals surface area contributed by atoms with Gasteiger partial charge in [-0.2, -0.15) is 0 Å². The van der Waals surface area contributed by atoms with Crippen molar-refractivity contribution in [2.75, 3.05) is 36.5 Å². The third kappa shape index (κ3) is 6.74. The van der Waals surface area contributed by atoms with Gasteiger partial charge >= 0.3 is 0 Å². The largest absolute Gasteiger partial charge is 0.378 e. The van der Waals surface area contributed by atoms with Crippen LogP contribution in [-0.2, 0) is 27.3 Å². The van der Waals surface area contributed by atoms with E-state index in [4.69, 9.17) is 4.74 Å². The molecule has 0 spiro atoms. The molecular formula is C33H32FN3O3. The van der Waals surface area contributed by atoms with E-state index in [1.807, 2.05) is 84.9 Å². The molecule has 0 aliphatic carbocycles. The molecule has 1 heterocycles. The number of hydrogen-bond donors (Lipinski definition) is 1. The average Bonchev–Trinajstić information content (AvgIpc) is 3.00. The molecule has 1 saturated heterocycles. The maximum atomic E-state index is 14.8. The van der Waals surface area contributed by atoms with Crippen LogP contribution >= 0.6 is 0 Å². The number of carbonyl (C=O) groups is 2. The lowest BCUT2D eigenvalue weighted by Gasteiger charge is -2.32. The lowest BCUT2D eigenvalue weighted by Crippen LogP contribution is -2.41. The maximum absolute atomic E-state index is 14.8. The molecule has 4 aromatic carbocycles. The number of ether oxygens (including phenoxy) is 1. The number of anilines is 2. The molecule has 1 aliphatic heterocycles. The average molecular weight is 538 g/mol. The zero-order chi connectivity index (χ0) is 27.7. The van der Waals surface area contributed by atoms with Crippen LogP contribution in [0.2, 0.25) is 0 Å². The fourth-order valence-electron chi connectivity index (χ4n) is 4.90. The number of nitrogens with one attached hydrogen (secondary N) is 1. The Morgan fingerprint density at radius 2 is 1.45 bits per heavy atom. The summed E-state index contributed by atoms with van der Waals surface area (Å²) >= 11 is 0. The Morgan fingerprint density at radius 3 is 2.12 bits per heavy atom. The quantitative estimate of drug-likeness (QED) is 0.301. The Hall–Kier alpha value is -4.49. The lowest BCUT2D eigenvalue weighted by atomic mass is 10.0. The molecule has 6 nitrogen and oxygen atoms in total. The Kier molecular flexibility index (Phi) is 8.83. The van der Waals surface area contributed by atoms with Crippen molar-refractivity contribution in [2.24, 2.45) is 0 Å². The van der Waals surface area contributed by atoms with Gasteiger partial charge in [-0.05, 0) is 41.5 Å². The van der Waals surface area contributed by atoms with E-state index in [0.29, 0.717) is 30.0 Å². The molecule has 0 aromatic heterocycles. The normalized spacial score (nSPS) is 13.9. The summed E-state index contributed by atoms with van der Waals surface area (Å²) in [5.41, 5.74) is 3.47. The van der Waals surface area contributed by atoms with Crippen molar-refractivity contribution in [1.29, 1.82) is 0 Å². The predicted molar refractivity (Wildman–Crippen MR) is 154 cm³/mol. The molecule has 40 heavy (non-hydrogen) atoms. The topological polar surface area (TPSA) is 61.9 Å². The SMILES string of the molecule is O=C(Nc1ccc(N2CCOCC2)cc1)C(c1ccccc1)N(Cc1ccccc1F)C(=O)Cc1ccccc1. The summed E-state index contributed by atoms with van der Waals surface area (Å²) in [5, 5.41) is 3.00. The number of carbonyl (C=O) groups excluding carboxylic acids is 2. The van der Waals surface area contributed by atoms with Crippen molar-refractivity contribution in [2.45, 2.75) is 19.0 Å². The minimum Gasteiger partial charge on any atom is -0.378 e. The molecule has 4 aromatic rings. The smallest absolute Gasteiger partial charge is 0.251 e. The Balaban J connectivity index is 1.45. The second-order valence-electron chi connectivity index (χ2n) is 9.72. The van der Waals surface area contributed by atoms with E-state index in [-0.39, 0.29) is 24.8 Å². The number of nitrogens with zero attached hydrogens (tertiary/aromatic N) is 2. The van der Waals surface area contributed by atoms with Gasteiger partial charge in [-0.25, -0.2) is 4.39 Å². The number of morpholine rings is 1. The number of hydrogen-bond acceptors (Lipinski definition) is 4. The molecule has 204 valence electrons. The van der Waals surface area contributed by atoms with Gasteiger partial charge in [0.1, 0.15) is 11.9 Å². The van der Waals surface area contributed by atoms with Crippen molar-refractivity contribution in [3.05, 3.63) is 132 Å². The van der Waals surface area contributed by atoms with Crippen molar-refractivity contribution in [3.8, 4) is 0 Å². The monoisotopic (exact) mass is 537 g/mol. The highest BCUT2D eigenvalue weighted by molar-refractivity contribution is 5.98. The van der Waals surface area contributed by atoms with Gasteiger partial charge in [-0.3, -0.25) is 9.59 Å². The van der Waals surface area contributed by atoms with Crippen LogP contribution in [0.15, 0.2) is 109 Å². The van der Waals surface area contributed by atoms with E-state index in [9.17, 15) is 14.0 Å². The molecule has 1 atom stereocenters. The Labute approximate surface area is 234 Å². The molecular weight excluding hydrogens is 505 g/mol. The van der Waals surface area contributed by atoms with Crippen LogP contribution in [0, 0.1) is 5.82 Å².